The Kier molecular flexibility index (Phi) is 12.7. The minimum absolute atomic E-state index is 0.0415. The molecule has 10 heteroatoms. The highest BCUT2D eigenvalue weighted by molar-refractivity contribution is 7.92. The van der Waals surface area contributed by atoms with Crippen LogP contribution in [0.4, 0.5) is 5.69 Å². The second-order valence-corrected chi connectivity index (χ2v) is 12.3. The Morgan fingerprint density at radius 2 is 1.62 bits per heavy atom. The molecule has 3 aromatic carbocycles. The summed E-state index contributed by atoms with van der Waals surface area (Å²) in [4.78, 5) is 28.9. The molecule has 1 atom stereocenters. The molecule has 42 heavy (non-hydrogen) atoms. The monoisotopic (exact) mass is 613 g/mol. The molecule has 2 amide bonds. The summed E-state index contributed by atoms with van der Waals surface area (Å²) in [5.41, 5.74) is 2.13. The fourth-order valence-electron chi connectivity index (χ4n) is 4.61. The molecule has 0 aromatic heterocycles. The minimum Gasteiger partial charge on any atom is -0.494 e. The molecule has 226 valence electrons. The van der Waals surface area contributed by atoms with Gasteiger partial charge < -0.3 is 15.0 Å². The highest BCUT2D eigenvalue weighted by Crippen LogP contribution is 2.24. The third-order valence-electron chi connectivity index (χ3n) is 6.71. The van der Waals surface area contributed by atoms with Gasteiger partial charge >= 0.3 is 0 Å². The van der Waals surface area contributed by atoms with Gasteiger partial charge in [0.2, 0.25) is 21.8 Å². The van der Waals surface area contributed by atoms with Gasteiger partial charge in [0.05, 0.1) is 18.6 Å². The van der Waals surface area contributed by atoms with Crippen LogP contribution in [-0.2, 0) is 32.6 Å². The summed E-state index contributed by atoms with van der Waals surface area (Å²) in [5, 5.41) is 3.46. The van der Waals surface area contributed by atoms with Crippen molar-refractivity contribution in [3.63, 3.8) is 0 Å². The largest absolute Gasteiger partial charge is 0.494 e. The molecule has 8 nitrogen and oxygen atoms in total. The molecule has 0 saturated heterocycles. The van der Waals surface area contributed by atoms with Crippen molar-refractivity contribution in [2.24, 2.45) is 0 Å². The van der Waals surface area contributed by atoms with E-state index in [1.54, 1.807) is 35.2 Å². The molecular weight excluding hydrogens is 574 g/mol. The molecule has 0 heterocycles. The van der Waals surface area contributed by atoms with Crippen LogP contribution in [-0.4, -0.2) is 57.1 Å². The second kappa shape index (κ2) is 16.2. The van der Waals surface area contributed by atoms with Crippen molar-refractivity contribution in [3.8, 4) is 5.75 Å². The van der Waals surface area contributed by atoms with Crippen LogP contribution in [0.5, 0.6) is 5.75 Å². The zero-order chi connectivity index (χ0) is 30.5. The third-order valence-corrected chi connectivity index (χ3v) is 8.27. The van der Waals surface area contributed by atoms with Crippen molar-refractivity contribution in [2.75, 3.05) is 30.3 Å². The SMILES string of the molecule is CCCNC(=O)C(Cc1ccccc1)N(Cc1ccccc1Cl)C(=O)CCCN(c1ccc(OCC)cc1)S(C)(=O)=O. The summed E-state index contributed by atoms with van der Waals surface area (Å²) in [6.45, 7) is 5.08. The van der Waals surface area contributed by atoms with Gasteiger partial charge in [-0.15, -0.1) is 0 Å². The van der Waals surface area contributed by atoms with E-state index in [-0.39, 0.29) is 37.7 Å². The highest BCUT2D eigenvalue weighted by atomic mass is 35.5. The van der Waals surface area contributed by atoms with E-state index in [2.05, 4.69) is 5.32 Å². The maximum absolute atomic E-state index is 13.9. The molecule has 0 aliphatic rings. The Morgan fingerprint density at radius 1 is 0.952 bits per heavy atom. The van der Waals surface area contributed by atoms with E-state index in [9.17, 15) is 18.0 Å². The van der Waals surface area contributed by atoms with Crippen LogP contribution in [0.25, 0.3) is 0 Å². The summed E-state index contributed by atoms with van der Waals surface area (Å²) in [6.07, 6.45) is 2.53. The standard InChI is InChI=1S/C32H40ClN3O5S/c1-4-21-34-32(38)30(23-25-12-7-6-8-13-25)35(24-26-14-9-10-15-29(26)33)31(37)16-11-22-36(42(3,39)40)27-17-19-28(20-18-27)41-5-2/h6-10,12-15,17-20,30H,4-5,11,16,21-24H2,1-3H3,(H,34,38). The molecule has 0 spiro atoms. The van der Waals surface area contributed by atoms with Gasteiger partial charge in [0.15, 0.2) is 0 Å². The Bertz CT molecular complexity index is 1400. The number of hydrogen-bond donors (Lipinski definition) is 1. The maximum Gasteiger partial charge on any atom is 0.243 e. The molecular formula is C32H40ClN3O5S. The van der Waals surface area contributed by atoms with E-state index < -0.39 is 16.1 Å². The average Bonchev–Trinajstić information content (AvgIpc) is 2.97. The predicted octanol–water partition coefficient (Wildman–Crippen LogP) is 5.45. The van der Waals surface area contributed by atoms with Gasteiger partial charge in [0.25, 0.3) is 0 Å². The van der Waals surface area contributed by atoms with Gasteiger partial charge in [0.1, 0.15) is 11.8 Å². The number of nitrogens with one attached hydrogen (secondary N) is 1. The number of carbonyl (C=O) groups excluding carboxylic acids is 2. The number of hydrogen-bond acceptors (Lipinski definition) is 5. The number of anilines is 1. The van der Waals surface area contributed by atoms with E-state index in [4.69, 9.17) is 16.3 Å². The summed E-state index contributed by atoms with van der Waals surface area (Å²) in [5.74, 6) is 0.141. The number of rotatable bonds is 16. The molecule has 3 aromatic rings. The molecule has 0 aliphatic heterocycles. The minimum atomic E-state index is -3.61. The van der Waals surface area contributed by atoms with Crippen LogP contribution in [0, 0.1) is 0 Å². The predicted molar refractivity (Wildman–Crippen MR) is 168 cm³/mol. The average molecular weight is 614 g/mol. The number of amides is 2. The Morgan fingerprint density at radius 3 is 2.24 bits per heavy atom. The lowest BCUT2D eigenvalue weighted by Crippen LogP contribution is -2.50. The number of carbonyl (C=O) groups is 2. The van der Waals surface area contributed by atoms with Crippen molar-refractivity contribution >= 4 is 39.1 Å². The fraction of sp³-hybridized carbons (Fsp3) is 0.375. The number of ether oxygens (including phenoxy) is 1. The number of halogens is 1. The Labute approximate surface area is 254 Å². The second-order valence-electron chi connectivity index (χ2n) is 9.98. The van der Waals surface area contributed by atoms with E-state index in [1.807, 2.05) is 62.4 Å². The Balaban J connectivity index is 1.85. The summed E-state index contributed by atoms with van der Waals surface area (Å²) in [7, 11) is -3.61. The number of benzene rings is 3. The molecule has 1 N–H and O–H groups in total. The van der Waals surface area contributed by atoms with Gasteiger partial charge in [-0.2, -0.15) is 0 Å². The van der Waals surface area contributed by atoms with Gasteiger partial charge in [-0.05, 0) is 61.2 Å². The number of sulfonamides is 1. The van der Waals surface area contributed by atoms with Crippen LogP contribution in [0.1, 0.15) is 44.2 Å². The number of nitrogens with zero attached hydrogens (tertiary/aromatic N) is 2. The molecule has 0 radical (unpaired) electrons. The van der Waals surface area contributed by atoms with E-state index in [0.717, 1.165) is 23.8 Å². The van der Waals surface area contributed by atoms with Crippen LogP contribution in [0.2, 0.25) is 5.02 Å². The van der Waals surface area contributed by atoms with Crippen LogP contribution < -0.4 is 14.4 Å². The first kappa shape index (κ1) is 32.9. The smallest absolute Gasteiger partial charge is 0.243 e. The summed E-state index contributed by atoms with van der Waals surface area (Å²) >= 11 is 6.48. The maximum atomic E-state index is 13.9. The van der Waals surface area contributed by atoms with Gasteiger partial charge in [-0.25, -0.2) is 8.42 Å². The molecule has 0 bridgehead atoms. The zero-order valence-corrected chi connectivity index (χ0v) is 26.0. The van der Waals surface area contributed by atoms with E-state index in [0.29, 0.717) is 36.0 Å². The van der Waals surface area contributed by atoms with Crippen LogP contribution in [0.15, 0.2) is 78.9 Å². The lowest BCUT2D eigenvalue weighted by molar-refractivity contribution is -0.141. The molecule has 1 unspecified atom stereocenters. The first-order valence-corrected chi connectivity index (χ1v) is 16.4. The quantitative estimate of drug-likeness (QED) is 0.232. The highest BCUT2D eigenvalue weighted by Gasteiger charge is 2.30. The fourth-order valence-corrected chi connectivity index (χ4v) is 5.77. The molecule has 0 aliphatic carbocycles. The van der Waals surface area contributed by atoms with Gasteiger partial charge in [-0.1, -0.05) is 67.1 Å². The van der Waals surface area contributed by atoms with Crippen molar-refractivity contribution in [3.05, 3.63) is 95.0 Å². The first-order valence-electron chi connectivity index (χ1n) is 14.2. The lowest BCUT2D eigenvalue weighted by atomic mass is 10.0. The topological polar surface area (TPSA) is 96.0 Å². The van der Waals surface area contributed by atoms with Crippen molar-refractivity contribution in [2.45, 2.75) is 52.1 Å². The molecule has 0 saturated carbocycles. The zero-order valence-electron chi connectivity index (χ0n) is 24.5. The van der Waals surface area contributed by atoms with Crippen LogP contribution in [0.3, 0.4) is 0 Å². The Hall–Kier alpha value is -3.56. The summed E-state index contributed by atoms with van der Waals surface area (Å²) < 4.78 is 32.1. The summed E-state index contributed by atoms with van der Waals surface area (Å²) in [6, 6.07) is 22.8. The van der Waals surface area contributed by atoms with Crippen molar-refractivity contribution in [1.29, 1.82) is 0 Å². The molecule has 0 fully saturated rings. The third kappa shape index (κ3) is 9.77. The van der Waals surface area contributed by atoms with Gasteiger partial charge in [0, 0.05) is 37.5 Å². The lowest BCUT2D eigenvalue weighted by Gasteiger charge is -2.32. The van der Waals surface area contributed by atoms with E-state index in [1.165, 1.54) is 4.31 Å². The normalized spacial score (nSPS) is 11.9. The van der Waals surface area contributed by atoms with Gasteiger partial charge in [-0.3, -0.25) is 13.9 Å². The van der Waals surface area contributed by atoms with E-state index >= 15 is 0 Å². The van der Waals surface area contributed by atoms with Crippen molar-refractivity contribution < 1.29 is 22.7 Å². The van der Waals surface area contributed by atoms with Crippen molar-refractivity contribution in [1.82, 2.24) is 10.2 Å². The van der Waals surface area contributed by atoms with Crippen LogP contribution >= 0.6 is 11.6 Å². The first-order chi connectivity index (χ1) is 20.1. The molecule has 3 rings (SSSR count).